The molecular formula is C14H23N3O2. The highest BCUT2D eigenvalue weighted by atomic mass is 16.5. The number of ether oxygens (including phenoxy) is 1. The third kappa shape index (κ3) is 4.96. The predicted molar refractivity (Wildman–Crippen MR) is 74.3 cm³/mol. The van der Waals surface area contributed by atoms with E-state index in [1.165, 1.54) is 0 Å². The van der Waals surface area contributed by atoms with Gasteiger partial charge in [-0.05, 0) is 18.1 Å². The number of aromatic nitrogens is 1. The van der Waals surface area contributed by atoms with E-state index in [1.54, 1.807) is 18.2 Å². The second kappa shape index (κ2) is 7.86. The molecule has 0 saturated heterocycles. The first kappa shape index (κ1) is 15.6. The van der Waals surface area contributed by atoms with Crippen LogP contribution in [0.25, 0.3) is 0 Å². The number of pyridine rings is 1. The van der Waals surface area contributed by atoms with Gasteiger partial charge in [0, 0.05) is 19.9 Å². The maximum atomic E-state index is 12.3. The average Bonchev–Trinajstić information content (AvgIpc) is 2.42. The van der Waals surface area contributed by atoms with Gasteiger partial charge >= 0.3 is 0 Å². The Balaban J connectivity index is 2.74. The normalized spacial score (nSPS) is 12.5. The van der Waals surface area contributed by atoms with Crippen LogP contribution in [0.2, 0.25) is 0 Å². The van der Waals surface area contributed by atoms with Crippen LogP contribution in [0.4, 0.5) is 0 Å². The van der Waals surface area contributed by atoms with Crippen molar-refractivity contribution in [1.82, 2.24) is 9.88 Å². The Morgan fingerprint density at radius 2 is 2.21 bits per heavy atom. The molecule has 0 aliphatic rings. The van der Waals surface area contributed by atoms with Gasteiger partial charge < -0.3 is 15.4 Å². The van der Waals surface area contributed by atoms with Crippen molar-refractivity contribution in [2.24, 2.45) is 11.7 Å². The summed E-state index contributed by atoms with van der Waals surface area (Å²) >= 11 is 0. The van der Waals surface area contributed by atoms with E-state index < -0.39 is 6.04 Å². The maximum Gasteiger partial charge on any atom is 0.240 e. The fourth-order valence-electron chi connectivity index (χ4n) is 1.65. The van der Waals surface area contributed by atoms with Gasteiger partial charge in [-0.2, -0.15) is 0 Å². The van der Waals surface area contributed by atoms with Gasteiger partial charge in [0.15, 0.2) is 0 Å². The van der Waals surface area contributed by atoms with E-state index in [9.17, 15) is 4.79 Å². The lowest BCUT2D eigenvalue weighted by Crippen LogP contribution is -2.47. The number of nitrogens with two attached hydrogens (primary N) is 1. The fraction of sp³-hybridized carbons (Fsp3) is 0.571. The molecule has 5 heteroatoms. The first-order chi connectivity index (χ1) is 9.06. The summed E-state index contributed by atoms with van der Waals surface area (Å²) in [5, 5.41) is 0. The molecule has 1 amide bonds. The summed E-state index contributed by atoms with van der Waals surface area (Å²) in [5.41, 5.74) is 6.78. The van der Waals surface area contributed by atoms with Crippen molar-refractivity contribution in [1.29, 1.82) is 0 Å². The largest absolute Gasteiger partial charge is 0.383 e. The highest BCUT2D eigenvalue weighted by Gasteiger charge is 2.23. The minimum Gasteiger partial charge on any atom is -0.383 e. The lowest BCUT2D eigenvalue weighted by molar-refractivity contribution is -0.134. The van der Waals surface area contributed by atoms with Crippen molar-refractivity contribution < 1.29 is 9.53 Å². The van der Waals surface area contributed by atoms with Crippen molar-refractivity contribution in [3.05, 3.63) is 30.1 Å². The Hall–Kier alpha value is -1.46. The van der Waals surface area contributed by atoms with Gasteiger partial charge in [-0.15, -0.1) is 0 Å². The first-order valence-electron chi connectivity index (χ1n) is 6.49. The topological polar surface area (TPSA) is 68.5 Å². The molecule has 5 nitrogen and oxygen atoms in total. The zero-order valence-electron chi connectivity index (χ0n) is 11.9. The van der Waals surface area contributed by atoms with Gasteiger partial charge in [-0.3, -0.25) is 9.78 Å². The van der Waals surface area contributed by atoms with Crippen LogP contribution < -0.4 is 5.73 Å². The van der Waals surface area contributed by atoms with Crippen molar-refractivity contribution >= 4 is 5.91 Å². The number of amides is 1. The molecule has 1 heterocycles. The maximum absolute atomic E-state index is 12.3. The molecule has 0 radical (unpaired) electrons. The summed E-state index contributed by atoms with van der Waals surface area (Å²) in [7, 11) is 1.62. The monoisotopic (exact) mass is 265 g/mol. The van der Waals surface area contributed by atoms with Crippen LogP contribution in [0.1, 0.15) is 19.5 Å². The number of hydrogen-bond acceptors (Lipinski definition) is 4. The highest BCUT2D eigenvalue weighted by molar-refractivity contribution is 5.81. The standard InChI is InChI=1S/C14H23N3O2/c1-11(2)13(15)14(18)17(8-9-19-3)10-12-6-4-5-7-16-12/h4-7,11,13H,8-10,15H2,1-3H3/t13-/m0/s1. The van der Waals surface area contributed by atoms with Crippen LogP contribution in [0.5, 0.6) is 0 Å². The quantitative estimate of drug-likeness (QED) is 0.800. The summed E-state index contributed by atoms with van der Waals surface area (Å²) in [6.45, 7) is 5.36. The van der Waals surface area contributed by atoms with Gasteiger partial charge in [0.25, 0.3) is 0 Å². The molecule has 2 N–H and O–H groups in total. The molecular weight excluding hydrogens is 242 g/mol. The molecule has 1 aromatic rings. The van der Waals surface area contributed by atoms with Crippen LogP contribution in [0.3, 0.4) is 0 Å². The Bertz CT molecular complexity index is 382. The second-order valence-electron chi connectivity index (χ2n) is 4.84. The van der Waals surface area contributed by atoms with Crippen LogP contribution >= 0.6 is 0 Å². The van der Waals surface area contributed by atoms with E-state index >= 15 is 0 Å². The van der Waals surface area contributed by atoms with Gasteiger partial charge in [0.05, 0.1) is 24.9 Å². The van der Waals surface area contributed by atoms with E-state index in [4.69, 9.17) is 10.5 Å². The lowest BCUT2D eigenvalue weighted by atomic mass is 10.0. The van der Waals surface area contributed by atoms with Crippen molar-refractivity contribution in [3.63, 3.8) is 0 Å². The van der Waals surface area contributed by atoms with Crippen molar-refractivity contribution in [2.75, 3.05) is 20.3 Å². The molecule has 1 aromatic heterocycles. The lowest BCUT2D eigenvalue weighted by Gasteiger charge is -2.26. The van der Waals surface area contributed by atoms with Gasteiger partial charge in [0.1, 0.15) is 0 Å². The minimum absolute atomic E-state index is 0.0577. The molecule has 0 aliphatic heterocycles. The van der Waals surface area contributed by atoms with Gasteiger partial charge in [0.2, 0.25) is 5.91 Å². The fourth-order valence-corrected chi connectivity index (χ4v) is 1.65. The SMILES string of the molecule is COCCN(Cc1ccccn1)C(=O)[C@@H](N)C(C)C. The zero-order chi connectivity index (χ0) is 14.3. The van der Waals surface area contributed by atoms with Crippen molar-refractivity contribution in [2.45, 2.75) is 26.4 Å². The summed E-state index contributed by atoms with van der Waals surface area (Å²) in [6, 6.07) is 5.17. The molecule has 0 aliphatic carbocycles. The Morgan fingerprint density at radius 1 is 1.47 bits per heavy atom. The summed E-state index contributed by atoms with van der Waals surface area (Å²) in [6.07, 6.45) is 1.72. The van der Waals surface area contributed by atoms with E-state index in [-0.39, 0.29) is 11.8 Å². The summed E-state index contributed by atoms with van der Waals surface area (Å²) in [5.74, 6) is 0.0546. The number of rotatable bonds is 7. The second-order valence-corrected chi connectivity index (χ2v) is 4.84. The Morgan fingerprint density at radius 3 is 2.74 bits per heavy atom. The third-order valence-corrected chi connectivity index (χ3v) is 2.96. The van der Waals surface area contributed by atoms with Crippen LogP contribution in [0, 0.1) is 5.92 Å². The van der Waals surface area contributed by atoms with Crippen LogP contribution in [-0.2, 0) is 16.1 Å². The average molecular weight is 265 g/mol. The number of nitrogens with zero attached hydrogens (tertiary/aromatic N) is 2. The Labute approximate surface area is 114 Å². The minimum atomic E-state index is -0.486. The molecule has 19 heavy (non-hydrogen) atoms. The van der Waals surface area contributed by atoms with Gasteiger partial charge in [-0.1, -0.05) is 19.9 Å². The van der Waals surface area contributed by atoms with Crippen molar-refractivity contribution in [3.8, 4) is 0 Å². The molecule has 0 saturated carbocycles. The predicted octanol–water partition coefficient (Wildman–Crippen LogP) is 1.04. The Kier molecular flexibility index (Phi) is 6.45. The molecule has 1 atom stereocenters. The molecule has 1 rings (SSSR count). The molecule has 0 aromatic carbocycles. The first-order valence-corrected chi connectivity index (χ1v) is 6.49. The van der Waals surface area contributed by atoms with Crippen LogP contribution in [-0.4, -0.2) is 42.1 Å². The van der Waals surface area contributed by atoms with E-state index in [0.717, 1.165) is 5.69 Å². The molecule has 0 bridgehead atoms. The molecule has 0 spiro atoms. The van der Waals surface area contributed by atoms with E-state index in [1.807, 2.05) is 32.0 Å². The summed E-state index contributed by atoms with van der Waals surface area (Å²) < 4.78 is 5.05. The van der Waals surface area contributed by atoms with E-state index in [2.05, 4.69) is 4.98 Å². The smallest absolute Gasteiger partial charge is 0.240 e. The summed E-state index contributed by atoms with van der Waals surface area (Å²) in [4.78, 5) is 18.3. The number of carbonyl (C=O) groups is 1. The number of carbonyl (C=O) groups excluding carboxylic acids is 1. The van der Waals surface area contributed by atoms with Gasteiger partial charge in [-0.25, -0.2) is 0 Å². The van der Waals surface area contributed by atoms with E-state index in [0.29, 0.717) is 19.7 Å². The molecule has 106 valence electrons. The molecule has 0 unspecified atom stereocenters. The number of hydrogen-bond donors (Lipinski definition) is 1. The number of methoxy groups -OCH3 is 1. The third-order valence-electron chi connectivity index (χ3n) is 2.96. The zero-order valence-corrected chi connectivity index (χ0v) is 11.9. The van der Waals surface area contributed by atoms with Crippen LogP contribution in [0.15, 0.2) is 24.4 Å². The molecule has 0 fully saturated rings. The highest BCUT2D eigenvalue weighted by Crippen LogP contribution is 2.07.